The fourth-order valence-corrected chi connectivity index (χ4v) is 3.72. The van der Waals surface area contributed by atoms with Crippen LogP contribution < -0.4 is 10.6 Å². The van der Waals surface area contributed by atoms with Crippen molar-refractivity contribution in [2.45, 2.75) is 19.3 Å². The summed E-state index contributed by atoms with van der Waals surface area (Å²) in [4.78, 5) is 26.7. The first-order valence-corrected chi connectivity index (χ1v) is 9.80. The first-order chi connectivity index (χ1) is 13.7. The molecule has 0 atom stereocenters. The molecule has 1 saturated heterocycles. The summed E-state index contributed by atoms with van der Waals surface area (Å²) in [6, 6.07) is 13.2. The quantitative estimate of drug-likeness (QED) is 0.838. The van der Waals surface area contributed by atoms with Crippen molar-refractivity contribution in [3.63, 3.8) is 0 Å². The Hall–Kier alpha value is -2.70. The van der Waals surface area contributed by atoms with E-state index in [0.29, 0.717) is 36.7 Å². The Balaban J connectivity index is 1.31. The highest BCUT2D eigenvalue weighted by atomic mass is 16.5. The number of ether oxygens (including phenoxy) is 1. The molecule has 2 amide bonds. The third-order valence-electron chi connectivity index (χ3n) is 5.26. The smallest absolute Gasteiger partial charge is 0.255 e. The lowest BCUT2D eigenvalue weighted by molar-refractivity contribution is -0.118. The second-order valence-electron chi connectivity index (χ2n) is 7.31. The maximum absolute atomic E-state index is 12.5. The molecule has 0 saturated carbocycles. The van der Waals surface area contributed by atoms with Gasteiger partial charge in [-0.05, 0) is 66.8 Å². The van der Waals surface area contributed by atoms with Crippen LogP contribution in [0.3, 0.4) is 0 Å². The van der Waals surface area contributed by atoms with E-state index in [-0.39, 0.29) is 11.8 Å². The Morgan fingerprint density at radius 2 is 1.57 bits per heavy atom. The summed E-state index contributed by atoms with van der Waals surface area (Å²) >= 11 is 0. The fourth-order valence-electron chi connectivity index (χ4n) is 3.72. The first kappa shape index (κ1) is 18.7. The van der Waals surface area contributed by atoms with E-state index in [1.807, 2.05) is 12.1 Å². The summed E-state index contributed by atoms with van der Waals surface area (Å²) in [6.45, 7) is 3.26. The summed E-state index contributed by atoms with van der Waals surface area (Å²) in [5.41, 5.74) is 4.74. The van der Waals surface area contributed by atoms with Crippen LogP contribution in [0.25, 0.3) is 0 Å². The molecule has 4 rings (SSSR count). The van der Waals surface area contributed by atoms with Crippen LogP contribution in [-0.4, -0.2) is 49.6 Å². The van der Waals surface area contributed by atoms with Gasteiger partial charge in [0.2, 0.25) is 5.91 Å². The third kappa shape index (κ3) is 4.58. The lowest BCUT2D eigenvalue weighted by Gasteiger charge is -2.25. The standard InChI is InChI=1S/C22H25N3O3/c26-21(15-25-10-12-28-13-11-25)23-19-6-8-20(9-7-19)24-22(27)18-5-4-16-2-1-3-17(16)14-18/h4-9,14H,1-3,10-13,15H2,(H,23,26)(H,24,27). The molecule has 1 aliphatic heterocycles. The molecule has 6 nitrogen and oxygen atoms in total. The molecule has 1 aliphatic carbocycles. The predicted octanol–water partition coefficient (Wildman–Crippen LogP) is 2.70. The van der Waals surface area contributed by atoms with Crippen LogP contribution in [0.5, 0.6) is 0 Å². The molecule has 0 aromatic heterocycles. The van der Waals surface area contributed by atoms with E-state index in [4.69, 9.17) is 4.74 Å². The molecule has 0 spiro atoms. The lowest BCUT2D eigenvalue weighted by Crippen LogP contribution is -2.41. The van der Waals surface area contributed by atoms with Gasteiger partial charge in [0.15, 0.2) is 0 Å². The number of hydrogen-bond donors (Lipinski definition) is 2. The number of hydrogen-bond acceptors (Lipinski definition) is 4. The molecule has 2 aliphatic rings. The van der Waals surface area contributed by atoms with E-state index in [9.17, 15) is 9.59 Å². The summed E-state index contributed by atoms with van der Waals surface area (Å²) in [7, 11) is 0. The van der Waals surface area contributed by atoms with Gasteiger partial charge in [-0.3, -0.25) is 14.5 Å². The van der Waals surface area contributed by atoms with E-state index < -0.39 is 0 Å². The van der Waals surface area contributed by atoms with Crippen LogP contribution in [0.15, 0.2) is 42.5 Å². The predicted molar refractivity (Wildman–Crippen MR) is 109 cm³/mol. The summed E-state index contributed by atoms with van der Waals surface area (Å²) in [6.07, 6.45) is 3.32. The number of nitrogens with zero attached hydrogens (tertiary/aromatic N) is 1. The Bertz CT molecular complexity index is 858. The monoisotopic (exact) mass is 379 g/mol. The summed E-state index contributed by atoms with van der Waals surface area (Å²) in [5, 5.41) is 5.82. The van der Waals surface area contributed by atoms with E-state index in [1.165, 1.54) is 17.5 Å². The zero-order chi connectivity index (χ0) is 19.3. The average molecular weight is 379 g/mol. The second-order valence-corrected chi connectivity index (χ2v) is 7.31. The van der Waals surface area contributed by atoms with Gasteiger partial charge in [0.1, 0.15) is 0 Å². The zero-order valence-electron chi connectivity index (χ0n) is 15.9. The number of morpholine rings is 1. The van der Waals surface area contributed by atoms with Crippen LogP contribution in [-0.2, 0) is 22.4 Å². The van der Waals surface area contributed by atoms with Crippen LogP contribution >= 0.6 is 0 Å². The van der Waals surface area contributed by atoms with E-state index in [0.717, 1.165) is 25.9 Å². The maximum Gasteiger partial charge on any atom is 0.255 e. The van der Waals surface area contributed by atoms with Gasteiger partial charge in [0.05, 0.1) is 19.8 Å². The number of carbonyl (C=O) groups excluding carboxylic acids is 2. The highest BCUT2D eigenvalue weighted by Crippen LogP contribution is 2.23. The van der Waals surface area contributed by atoms with Gasteiger partial charge in [0, 0.05) is 30.0 Å². The van der Waals surface area contributed by atoms with Gasteiger partial charge in [-0.25, -0.2) is 0 Å². The molecule has 28 heavy (non-hydrogen) atoms. The van der Waals surface area contributed by atoms with Crippen molar-refractivity contribution in [2.24, 2.45) is 0 Å². The Morgan fingerprint density at radius 3 is 2.32 bits per heavy atom. The number of aryl methyl sites for hydroxylation is 2. The fraction of sp³-hybridized carbons (Fsp3) is 0.364. The molecule has 146 valence electrons. The number of rotatable bonds is 5. The number of fused-ring (bicyclic) bond motifs is 1. The van der Waals surface area contributed by atoms with E-state index >= 15 is 0 Å². The SMILES string of the molecule is O=C(CN1CCOCC1)Nc1ccc(NC(=O)c2ccc3c(c2)CCC3)cc1. The highest BCUT2D eigenvalue weighted by molar-refractivity contribution is 6.04. The van der Waals surface area contributed by atoms with E-state index in [2.05, 4.69) is 21.6 Å². The second kappa shape index (κ2) is 8.54. The minimum absolute atomic E-state index is 0.0446. The minimum Gasteiger partial charge on any atom is -0.379 e. The van der Waals surface area contributed by atoms with Crippen molar-refractivity contribution in [1.82, 2.24) is 4.90 Å². The molecular formula is C22H25N3O3. The minimum atomic E-state index is -0.112. The molecule has 2 aromatic rings. The number of anilines is 2. The lowest BCUT2D eigenvalue weighted by atomic mass is 10.1. The van der Waals surface area contributed by atoms with Gasteiger partial charge >= 0.3 is 0 Å². The largest absolute Gasteiger partial charge is 0.379 e. The van der Waals surface area contributed by atoms with Crippen molar-refractivity contribution in [3.8, 4) is 0 Å². The molecule has 1 fully saturated rings. The van der Waals surface area contributed by atoms with Gasteiger partial charge in [-0.2, -0.15) is 0 Å². The van der Waals surface area contributed by atoms with Crippen LogP contribution in [0.2, 0.25) is 0 Å². The molecule has 6 heteroatoms. The van der Waals surface area contributed by atoms with Gasteiger partial charge in [-0.1, -0.05) is 6.07 Å². The molecule has 1 heterocycles. The van der Waals surface area contributed by atoms with Gasteiger partial charge in [0.25, 0.3) is 5.91 Å². The zero-order valence-corrected chi connectivity index (χ0v) is 15.9. The number of benzene rings is 2. The number of amides is 2. The Morgan fingerprint density at radius 1 is 0.893 bits per heavy atom. The number of carbonyl (C=O) groups is 2. The average Bonchev–Trinajstić information content (AvgIpc) is 3.18. The van der Waals surface area contributed by atoms with Crippen molar-refractivity contribution in [1.29, 1.82) is 0 Å². The molecule has 0 radical (unpaired) electrons. The van der Waals surface area contributed by atoms with Crippen LogP contribution in [0.1, 0.15) is 27.9 Å². The van der Waals surface area contributed by atoms with Crippen molar-refractivity contribution in [2.75, 3.05) is 43.5 Å². The number of nitrogens with one attached hydrogen (secondary N) is 2. The van der Waals surface area contributed by atoms with Gasteiger partial charge in [-0.15, -0.1) is 0 Å². The molecular weight excluding hydrogens is 354 g/mol. The first-order valence-electron chi connectivity index (χ1n) is 9.80. The Kier molecular flexibility index (Phi) is 5.69. The van der Waals surface area contributed by atoms with Crippen LogP contribution in [0, 0.1) is 0 Å². The Labute approximate surface area is 164 Å². The normalized spacial score (nSPS) is 16.4. The summed E-state index contributed by atoms with van der Waals surface area (Å²) < 4.78 is 5.29. The molecule has 2 N–H and O–H groups in total. The maximum atomic E-state index is 12.5. The van der Waals surface area contributed by atoms with Gasteiger partial charge < -0.3 is 15.4 Å². The summed E-state index contributed by atoms with van der Waals surface area (Å²) in [5.74, 6) is -0.157. The van der Waals surface area contributed by atoms with E-state index in [1.54, 1.807) is 24.3 Å². The highest BCUT2D eigenvalue weighted by Gasteiger charge is 2.15. The molecule has 0 unspecified atom stereocenters. The topological polar surface area (TPSA) is 70.7 Å². The van der Waals surface area contributed by atoms with Crippen molar-refractivity contribution < 1.29 is 14.3 Å². The van der Waals surface area contributed by atoms with Crippen LogP contribution in [0.4, 0.5) is 11.4 Å². The molecule has 2 aromatic carbocycles. The van der Waals surface area contributed by atoms with Crippen molar-refractivity contribution >= 4 is 23.2 Å². The molecule has 0 bridgehead atoms. The third-order valence-corrected chi connectivity index (χ3v) is 5.26. The van der Waals surface area contributed by atoms with Crippen molar-refractivity contribution in [3.05, 3.63) is 59.2 Å².